The Labute approximate surface area is 158 Å². The summed E-state index contributed by atoms with van der Waals surface area (Å²) >= 11 is 0. The van der Waals surface area contributed by atoms with E-state index in [1.54, 1.807) is 6.07 Å². The van der Waals surface area contributed by atoms with Gasteiger partial charge in [-0.15, -0.1) is 0 Å². The number of carbonyl (C=O) groups is 1. The Morgan fingerprint density at radius 1 is 1.04 bits per heavy atom. The number of benzene rings is 2. The number of hydrogen-bond acceptors (Lipinski definition) is 2. The molecule has 138 valence electrons. The van der Waals surface area contributed by atoms with Gasteiger partial charge in [0, 0.05) is 5.41 Å². The third-order valence-electron chi connectivity index (χ3n) is 4.01. The van der Waals surface area contributed by atoms with E-state index in [9.17, 15) is 9.00 Å². The highest BCUT2D eigenvalue weighted by Crippen LogP contribution is 2.24. The van der Waals surface area contributed by atoms with Gasteiger partial charge in [0.2, 0.25) is 5.91 Å². The minimum absolute atomic E-state index is 0.0467. The summed E-state index contributed by atoms with van der Waals surface area (Å²) in [6.07, 6.45) is 0. The van der Waals surface area contributed by atoms with Crippen LogP contribution in [0.4, 0.5) is 0 Å². The predicted molar refractivity (Wildman–Crippen MR) is 108 cm³/mol. The first-order valence-corrected chi connectivity index (χ1v) is 9.73. The zero-order valence-corrected chi connectivity index (χ0v) is 16.8. The Kier molecular flexibility index (Phi) is 6.48. The molecule has 1 unspecified atom stereocenters. The Morgan fingerprint density at radius 3 is 2.23 bits per heavy atom. The standard InChI is InChI=1S/C21H26N2O2S/c1-15(17-11-7-6-8-12-17)23-26(25)19-14-10-9-13-18(19)16(2)22-20(24)21(3,4)5/h6-14,16H,1-5H3,(H,22,24)/b23-15+/t16-,26?/m1/s1. The van der Waals surface area contributed by atoms with Crippen LogP contribution >= 0.6 is 0 Å². The molecule has 2 aromatic carbocycles. The topological polar surface area (TPSA) is 58.5 Å². The molecule has 0 aliphatic carbocycles. The number of amides is 1. The zero-order valence-electron chi connectivity index (χ0n) is 15.9. The Hall–Kier alpha value is -2.27. The quantitative estimate of drug-likeness (QED) is 0.791. The molecule has 1 N–H and O–H groups in total. The molecule has 5 heteroatoms. The summed E-state index contributed by atoms with van der Waals surface area (Å²) in [5.41, 5.74) is 1.98. The second-order valence-electron chi connectivity index (χ2n) is 7.27. The average molecular weight is 371 g/mol. The van der Waals surface area contributed by atoms with Crippen molar-refractivity contribution in [1.82, 2.24) is 5.32 Å². The van der Waals surface area contributed by atoms with Gasteiger partial charge in [0.1, 0.15) is 0 Å². The van der Waals surface area contributed by atoms with Crippen LogP contribution in [0.1, 0.15) is 51.8 Å². The largest absolute Gasteiger partial charge is 0.349 e. The van der Waals surface area contributed by atoms with E-state index in [0.29, 0.717) is 10.6 Å². The van der Waals surface area contributed by atoms with E-state index < -0.39 is 16.4 Å². The van der Waals surface area contributed by atoms with Gasteiger partial charge < -0.3 is 5.32 Å². The fraction of sp³-hybridized carbons (Fsp3) is 0.333. The molecular formula is C21H26N2O2S. The van der Waals surface area contributed by atoms with E-state index in [2.05, 4.69) is 9.71 Å². The Bertz CT molecular complexity index is 823. The van der Waals surface area contributed by atoms with Crippen LogP contribution in [0.25, 0.3) is 0 Å². The van der Waals surface area contributed by atoms with Crippen molar-refractivity contribution in [3.8, 4) is 0 Å². The van der Waals surface area contributed by atoms with Gasteiger partial charge in [-0.05, 0) is 31.0 Å². The molecule has 2 atom stereocenters. The monoisotopic (exact) mass is 370 g/mol. The SMILES string of the molecule is C/C(=N\S(=O)c1ccccc1[C@@H](C)NC(=O)C(C)(C)C)c1ccccc1. The van der Waals surface area contributed by atoms with Crippen LogP contribution in [0.15, 0.2) is 63.9 Å². The van der Waals surface area contributed by atoms with Gasteiger partial charge in [0.15, 0.2) is 11.0 Å². The molecule has 0 spiro atoms. The lowest BCUT2D eigenvalue weighted by Crippen LogP contribution is -2.36. The van der Waals surface area contributed by atoms with Crippen LogP contribution in [0.5, 0.6) is 0 Å². The maximum atomic E-state index is 12.8. The number of rotatable bonds is 5. The molecule has 0 aliphatic rings. The summed E-state index contributed by atoms with van der Waals surface area (Å²) < 4.78 is 17.2. The van der Waals surface area contributed by atoms with Crippen molar-refractivity contribution in [3.05, 3.63) is 65.7 Å². The summed E-state index contributed by atoms with van der Waals surface area (Å²) in [7, 11) is -1.55. The lowest BCUT2D eigenvalue weighted by molar-refractivity contribution is -0.129. The lowest BCUT2D eigenvalue weighted by atomic mass is 9.94. The van der Waals surface area contributed by atoms with Crippen molar-refractivity contribution >= 4 is 22.6 Å². The van der Waals surface area contributed by atoms with E-state index >= 15 is 0 Å². The van der Waals surface area contributed by atoms with Gasteiger partial charge in [-0.25, -0.2) is 4.21 Å². The molecule has 0 aromatic heterocycles. The summed E-state index contributed by atoms with van der Waals surface area (Å²) in [5, 5.41) is 2.99. The van der Waals surface area contributed by atoms with E-state index in [1.165, 1.54) is 0 Å². The Balaban J connectivity index is 2.28. The number of nitrogens with zero attached hydrogens (tertiary/aromatic N) is 1. The number of hydrogen-bond donors (Lipinski definition) is 1. The normalized spacial score (nSPS) is 14.6. The summed E-state index contributed by atoms with van der Waals surface area (Å²) in [5.74, 6) is -0.0467. The van der Waals surface area contributed by atoms with E-state index in [-0.39, 0.29) is 11.9 Å². The van der Waals surface area contributed by atoms with Gasteiger partial charge in [-0.3, -0.25) is 4.79 Å². The summed E-state index contributed by atoms with van der Waals surface area (Å²) in [6, 6.07) is 16.8. The van der Waals surface area contributed by atoms with Gasteiger partial charge in [0.05, 0.1) is 16.6 Å². The summed E-state index contributed by atoms with van der Waals surface area (Å²) in [4.78, 5) is 12.9. The predicted octanol–water partition coefficient (Wildman–Crippen LogP) is 4.44. The zero-order chi connectivity index (χ0) is 19.3. The first kappa shape index (κ1) is 20.0. The minimum Gasteiger partial charge on any atom is -0.349 e. The van der Waals surface area contributed by atoms with Crippen molar-refractivity contribution in [3.63, 3.8) is 0 Å². The van der Waals surface area contributed by atoms with E-state index in [0.717, 1.165) is 11.1 Å². The molecule has 0 heterocycles. The van der Waals surface area contributed by atoms with Gasteiger partial charge in [0.25, 0.3) is 0 Å². The molecule has 0 saturated heterocycles. The molecule has 2 rings (SSSR count). The maximum absolute atomic E-state index is 12.8. The van der Waals surface area contributed by atoms with Gasteiger partial charge in [-0.1, -0.05) is 69.3 Å². The lowest BCUT2D eigenvalue weighted by Gasteiger charge is -2.23. The van der Waals surface area contributed by atoms with Crippen LogP contribution in [0.2, 0.25) is 0 Å². The first-order valence-electron chi connectivity index (χ1n) is 8.62. The molecule has 0 saturated carbocycles. The van der Waals surface area contributed by atoms with Gasteiger partial charge in [-0.2, -0.15) is 4.40 Å². The average Bonchev–Trinajstić information content (AvgIpc) is 2.61. The van der Waals surface area contributed by atoms with Gasteiger partial charge >= 0.3 is 0 Å². The molecule has 26 heavy (non-hydrogen) atoms. The fourth-order valence-corrected chi connectivity index (χ4v) is 3.49. The molecule has 0 fully saturated rings. The molecule has 4 nitrogen and oxygen atoms in total. The van der Waals surface area contributed by atoms with Crippen molar-refractivity contribution in [1.29, 1.82) is 0 Å². The smallest absolute Gasteiger partial charge is 0.225 e. The highest BCUT2D eigenvalue weighted by atomic mass is 32.2. The van der Waals surface area contributed by atoms with Crippen LogP contribution in [-0.4, -0.2) is 15.8 Å². The molecule has 0 bridgehead atoms. The van der Waals surface area contributed by atoms with Crippen molar-refractivity contribution in [2.45, 2.75) is 45.6 Å². The Morgan fingerprint density at radius 2 is 1.62 bits per heavy atom. The fourth-order valence-electron chi connectivity index (χ4n) is 2.39. The van der Waals surface area contributed by atoms with Crippen LogP contribution in [0.3, 0.4) is 0 Å². The first-order chi connectivity index (χ1) is 12.2. The molecular weight excluding hydrogens is 344 g/mol. The third-order valence-corrected chi connectivity index (χ3v) is 5.20. The molecule has 0 radical (unpaired) electrons. The number of carbonyl (C=O) groups excluding carboxylic acids is 1. The second-order valence-corrected chi connectivity index (χ2v) is 8.40. The molecule has 0 aliphatic heterocycles. The van der Waals surface area contributed by atoms with E-state index in [1.807, 2.05) is 83.1 Å². The highest BCUT2D eigenvalue weighted by molar-refractivity contribution is 7.84. The van der Waals surface area contributed by atoms with Crippen molar-refractivity contribution < 1.29 is 9.00 Å². The second kappa shape index (κ2) is 8.41. The van der Waals surface area contributed by atoms with E-state index in [4.69, 9.17) is 0 Å². The maximum Gasteiger partial charge on any atom is 0.225 e. The minimum atomic E-state index is -1.55. The van der Waals surface area contributed by atoms with Crippen molar-refractivity contribution in [2.24, 2.45) is 9.81 Å². The third kappa shape index (κ3) is 5.11. The molecule has 1 amide bonds. The summed E-state index contributed by atoms with van der Waals surface area (Å²) in [6.45, 7) is 9.35. The van der Waals surface area contributed by atoms with Crippen LogP contribution in [0, 0.1) is 5.41 Å². The van der Waals surface area contributed by atoms with Crippen LogP contribution < -0.4 is 5.32 Å². The number of nitrogens with one attached hydrogen (secondary N) is 1. The van der Waals surface area contributed by atoms with Crippen molar-refractivity contribution in [2.75, 3.05) is 0 Å². The molecule has 2 aromatic rings. The highest BCUT2D eigenvalue weighted by Gasteiger charge is 2.24. The van der Waals surface area contributed by atoms with Crippen LogP contribution in [-0.2, 0) is 15.8 Å².